The van der Waals surface area contributed by atoms with Crippen LogP contribution in [-0.4, -0.2) is 34.5 Å². The van der Waals surface area contributed by atoms with Crippen molar-refractivity contribution < 1.29 is 14.7 Å². The number of aliphatic hydroxyl groups excluding tert-OH is 1. The molecule has 0 aliphatic carbocycles. The van der Waals surface area contributed by atoms with Gasteiger partial charge in [-0.1, -0.05) is 54.1 Å². The number of rotatable bonds is 4. The van der Waals surface area contributed by atoms with Gasteiger partial charge in [-0.15, -0.1) is 0 Å². The van der Waals surface area contributed by atoms with Crippen LogP contribution in [0.25, 0.3) is 6.08 Å². The summed E-state index contributed by atoms with van der Waals surface area (Å²) in [7, 11) is 0. The molecule has 2 aromatic rings. The summed E-state index contributed by atoms with van der Waals surface area (Å²) in [5, 5.41) is 9.64. The number of fused-ring (bicyclic) bond motifs is 1. The topological polar surface area (TPSA) is 57.6 Å². The van der Waals surface area contributed by atoms with Crippen molar-refractivity contribution in [3.63, 3.8) is 0 Å². The Morgan fingerprint density at radius 2 is 1.70 bits per heavy atom. The van der Waals surface area contributed by atoms with Crippen molar-refractivity contribution >= 4 is 17.9 Å². The normalized spacial score (nSPS) is 15.3. The molecule has 4 nitrogen and oxygen atoms in total. The Kier molecular flexibility index (Phi) is 4.08. The van der Waals surface area contributed by atoms with Crippen LogP contribution in [0.2, 0.25) is 0 Å². The molecule has 1 atom stereocenters. The molecule has 0 fully saturated rings. The number of aliphatic hydroxyl groups is 1. The number of amides is 2. The largest absolute Gasteiger partial charge is 0.394 e. The van der Waals surface area contributed by atoms with Gasteiger partial charge in [-0.05, 0) is 24.6 Å². The van der Waals surface area contributed by atoms with Gasteiger partial charge in [0.25, 0.3) is 11.8 Å². The van der Waals surface area contributed by atoms with Gasteiger partial charge in [0.15, 0.2) is 0 Å². The summed E-state index contributed by atoms with van der Waals surface area (Å²) < 4.78 is 0. The molecule has 1 heterocycles. The molecular formula is C19H17NO3. The number of hydrogen-bond donors (Lipinski definition) is 1. The Balaban J connectivity index is 1.88. The Hall–Kier alpha value is -2.72. The summed E-state index contributed by atoms with van der Waals surface area (Å²) in [5.41, 5.74) is 2.85. The fraction of sp³-hybridized carbons (Fsp3) is 0.158. The van der Waals surface area contributed by atoms with Crippen LogP contribution in [0.15, 0.2) is 54.6 Å². The van der Waals surface area contributed by atoms with Crippen LogP contribution in [-0.2, 0) is 0 Å². The molecule has 0 bridgehead atoms. The van der Waals surface area contributed by atoms with Crippen molar-refractivity contribution in [1.82, 2.24) is 4.90 Å². The SMILES string of the molecule is Cc1cccc(/C=C/[C@H](CO)N2C(=O)c3ccccc3C2=O)c1. The minimum atomic E-state index is -0.678. The molecule has 0 aromatic heterocycles. The maximum absolute atomic E-state index is 12.4. The van der Waals surface area contributed by atoms with Gasteiger partial charge in [0.05, 0.1) is 23.8 Å². The third-order valence-electron chi connectivity index (χ3n) is 3.90. The minimum Gasteiger partial charge on any atom is -0.394 e. The summed E-state index contributed by atoms with van der Waals surface area (Å²) in [6.07, 6.45) is 3.51. The van der Waals surface area contributed by atoms with E-state index in [1.165, 1.54) is 0 Å². The number of imide groups is 1. The van der Waals surface area contributed by atoms with E-state index in [0.717, 1.165) is 16.0 Å². The summed E-state index contributed by atoms with van der Waals surface area (Å²) >= 11 is 0. The van der Waals surface area contributed by atoms with E-state index in [2.05, 4.69) is 0 Å². The summed E-state index contributed by atoms with van der Waals surface area (Å²) in [6.45, 7) is 1.68. The fourth-order valence-corrected chi connectivity index (χ4v) is 2.73. The molecule has 23 heavy (non-hydrogen) atoms. The van der Waals surface area contributed by atoms with Crippen LogP contribution in [0.4, 0.5) is 0 Å². The number of nitrogens with zero attached hydrogens (tertiary/aromatic N) is 1. The van der Waals surface area contributed by atoms with Crippen molar-refractivity contribution in [2.24, 2.45) is 0 Å². The number of benzene rings is 2. The van der Waals surface area contributed by atoms with Gasteiger partial charge in [-0.2, -0.15) is 0 Å². The number of carbonyl (C=O) groups is 2. The smallest absolute Gasteiger partial charge is 0.262 e. The lowest BCUT2D eigenvalue weighted by atomic mass is 10.1. The van der Waals surface area contributed by atoms with Crippen molar-refractivity contribution in [3.05, 3.63) is 76.9 Å². The first-order valence-electron chi connectivity index (χ1n) is 7.44. The van der Waals surface area contributed by atoms with E-state index in [0.29, 0.717) is 11.1 Å². The molecule has 0 radical (unpaired) electrons. The molecular weight excluding hydrogens is 290 g/mol. The third kappa shape index (κ3) is 2.81. The maximum Gasteiger partial charge on any atom is 0.262 e. The molecule has 3 rings (SSSR count). The second-order valence-electron chi connectivity index (χ2n) is 5.55. The highest BCUT2D eigenvalue weighted by Gasteiger charge is 2.38. The van der Waals surface area contributed by atoms with E-state index in [9.17, 15) is 14.7 Å². The van der Waals surface area contributed by atoms with Crippen LogP contribution in [0.3, 0.4) is 0 Å². The van der Waals surface area contributed by atoms with Crippen LogP contribution >= 0.6 is 0 Å². The second kappa shape index (κ2) is 6.18. The lowest BCUT2D eigenvalue weighted by Gasteiger charge is -2.21. The average Bonchev–Trinajstić information content (AvgIpc) is 2.81. The van der Waals surface area contributed by atoms with E-state index >= 15 is 0 Å². The third-order valence-corrected chi connectivity index (χ3v) is 3.90. The van der Waals surface area contributed by atoms with Gasteiger partial charge in [0.2, 0.25) is 0 Å². The molecule has 4 heteroatoms. The van der Waals surface area contributed by atoms with Crippen molar-refractivity contribution in [3.8, 4) is 0 Å². The lowest BCUT2D eigenvalue weighted by molar-refractivity contribution is 0.0565. The molecule has 0 saturated heterocycles. The predicted octanol–water partition coefficient (Wildman–Crippen LogP) is 2.67. The molecule has 0 unspecified atom stereocenters. The van der Waals surface area contributed by atoms with Gasteiger partial charge in [-0.3, -0.25) is 14.5 Å². The molecule has 2 amide bonds. The second-order valence-corrected chi connectivity index (χ2v) is 5.55. The first-order chi connectivity index (χ1) is 11.1. The molecule has 2 aromatic carbocycles. The Labute approximate surface area is 134 Å². The minimum absolute atomic E-state index is 0.312. The quantitative estimate of drug-likeness (QED) is 0.884. The molecule has 1 aliphatic rings. The van der Waals surface area contributed by atoms with Gasteiger partial charge < -0.3 is 5.11 Å². The van der Waals surface area contributed by atoms with E-state index in [-0.39, 0.29) is 18.4 Å². The number of hydrogen-bond acceptors (Lipinski definition) is 3. The van der Waals surface area contributed by atoms with Crippen LogP contribution in [0, 0.1) is 6.92 Å². The van der Waals surface area contributed by atoms with E-state index in [1.807, 2.05) is 37.3 Å². The first kappa shape index (κ1) is 15.2. The Morgan fingerprint density at radius 1 is 1.04 bits per heavy atom. The number of carbonyl (C=O) groups excluding carboxylic acids is 2. The fourth-order valence-electron chi connectivity index (χ4n) is 2.73. The Morgan fingerprint density at radius 3 is 2.26 bits per heavy atom. The summed E-state index contributed by atoms with van der Waals surface area (Å²) in [5.74, 6) is -0.725. The van der Waals surface area contributed by atoms with Crippen LogP contribution in [0.1, 0.15) is 31.8 Å². The molecule has 0 saturated carbocycles. The van der Waals surface area contributed by atoms with Gasteiger partial charge in [0.1, 0.15) is 0 Å². The van der Waals surface area contributed by atoms with Gasteiger partial charge in [-0.25, -0.2) is 0 Å². The van der Waals surface area contributed by atoms with Crippen LogP contribution in [0.5, 0.6) is 0 Å². The highest BCUT2D eigenvalue weighted by molar-refractivity contribution is 6.21. The van der Waals surface area contributed by atoms with Gasteiger partial charge >= 0.3 is 0 Å². The molecule has 1 N–H and O–H groups in total. The summed E-state index contributed by atoms with van der Waals surface area (Å²) in [6, 6.07) is 13.9. The standard InChI is InChI=1S/C19H17NO3/c1-13-5-4-6-14(11-13)9-10-15(12-21)20-18(22)16-7-2-3-8-17(16)19(20)23/h2-11,15,21H,12H2,1H3/b10-9+/t15-/m1/s1. The zero-order valence-electron chi connectivity index (χ0n) is 12.8. The highest BCUT2D eigenvalue weighted by atomic mass is 16.3. The zero-order valence-corrected chi connectivity index (χ0v) is 12.8. The number of aryl methyl sites for hydroxylation is 1. The van der Waals surface area contributed by atoms with Crippen molar-refractivity contribution in [2.75, 3.05) is 6.61 Å². The molecule has 1 aliphatic heterocycles. The van der Waals surface area contributed by atoms with Crippen molar-refractivity contribution in [2.45, 2.75) is 13.0 Å². The van der Waals surface area contributed by atoms with Crippen LogP contribution < -0.4 is 0 Å². The Bertz CT molecular complexity index is 760. The van der Waals surface area contributed by atoms with E-state index in [4.69, 9.17) is 0 Å². The van der Waals surface area contributed by atoms with Gasteiger partial charge in [0, 0.05) is 0 Å². The average molecular weight is 307 g/mol. The van der Waals surface area contributed by atoms with Crippen molar-refractivity contribution in [1.29, 1.82) is 0 Å². The molecule has 116 valence electrons. The highest BCUT2D eigenvalue weighted by Crippen LogP contribution is 2.25. The lowest BCUT2D eigenvalue weighted by Crippen LogP contribution is -2.40. The van der Waals surface area contributed by atoms with E-state index in [1.54, 1.807) is 30.3 Å². The van der Waals surface area contributed by atoms with E-state index < -0.39 is 6.04 Å². The molecule has 0 spiro atoms. The monoisotopic (exact) mass is 307 g/mol. The maximum atomic E-state index is 12.4. The predicted molar refractivity (Wildman–Crippen MR) is 88.0 cm³/mol. The first-order valence-corrected chi connectivity index (χ1v) is 7.44. The summed E-state index contributed by atoms with van der Waals surface area (Å²) in [4.78, 5) is 26.0. The zero-order chi connectivity index (χ0) is 16.4.